The molecule has 0 aliphatic rings. The first-order valence-electron chi connectivity index (χ1n) is 5.30. The first-order valence-corrected chi connectivity index (χ1v) is 5.30. The van der Waals surface area contributed by atoms with Crippen LogP contribution < -0.4 is 9.47 Å². The van der Waals surface area contributed by atoms with E-state index in [0.717, 1.165) is 0 Å². The highest BCUT2D eigenvalue weighted by molar-refractivity contribution is 6.10. The molecule has 0 saturated carbocycles. The van der Waals surface area contributed by atoms with Crippen molar-refractivity contribution in [2.75, 3.05) is 14.2 Å². The number of nitrogens with zero attached hydrogens (tertiary/aromatic N) is 2. The summed E-state index contributed by atoms with van der Waals surface area (Å²) in [5.41, 5.74) is 0.328. The fraction of sp³-hybridized carbons (Fsp3) is 0.154. The number of carbonyl (C=O) groups is 1. The molecular weight excluding hydrogens is 232 g/mol. The molecule has 0 saturated heterocycles. The quantitative estimate of drug-likeness (QED) is 0.766. The number of hydrogen-bond donors (Lipinski definition) is 0. The molecule has 0 radical (unpaired) electrons. The fourth-order valence-corrected chi connectivity index (χ4v) is 1.60. The number of hydrogen-bond acceptors (Lipinski definition) is 5. The maximum Gasteiger partial charge on any atom is 0.237 e. The van der Waals surface area contributed by atoms with Crippen molar-refractivity contribution in [2.24, 2.45) is 0 Å². The molecule has 0 N–H and O–H groups in total. The van der Waals surface area contributed by atoms with Gasteiger partial charge in [-0.05, 0) is 18.2 Å². The second kappa shape index (κ2) is 5.27. The summed E-state index contributed by atoms with van der Waals surface area (Å²) >= 11 is 0. The topological polar surface area (TPSA) is 61.3 Å². The third-order valence-electron chi connectivity index (χ3n) is 2.42. The highest BCUT2D eigenvalue weighted by Gasteiger charge is 2.21. The van der Waals surface area contributed by atoms with E-state index in [0.29, 0.717) is 17.1 Å². The molecular formula is C13H12N2O3. The van der Waals surface area contributed by atoms with Gasteiger partial charge in [0.25, 0.3) is 0 Å². The largest absolute Gasteiger partial charge is 0.496 e. The number of ketones is 1. The number of rotatable bonds is 4. The highest BCUT2D eigenvalue weighted by atomic mass is 16.5. The monoisotopic (exact) mass is 244 g/mol. The van der Waals surface area contributed by atoms with E-state index in [2.05, 4.69) is 9.97 Å². The molecule has 0 unspecified atom stereocenters. The Labute approximate surface area is 104 Å². The molecule has 0 aliphatic heterocycles. The molecule has 0 amide bonds. The van der Waals surface area contributed by atoms with Gasteiger partial charge in [0.15, 0.2) is 0 Å². The predicted molar refractivity (Wildman–Crippen MR) is 65.0 cm³/mol. The Morgan fingerprint density at radius 3 is 2.06 bits per heavy atom. The molecule has 0 aliphatic carbocycles. The van der Waals surface area contributed by atoms with Crippen LogP contribution in [-0.2, 0) is 0 Å². The summed E-state index contributed by atoms with van der Waals surface area (Å²) in [6, 6.07) is 6.79. The van der Waals surface area contributed by atoms with Crippen molar-refractivity contribution in [2.45, 2.75) is 0 Å². The van der Waals surface area contributed by atoms with Crippen molar-refractivity contribution in [3.63, 3.8) is 0 Å². The van der Waals surface area contributed by atoms with E-state index in [9.17, 15) is 4.79 Å². The van der Waals surface area contributed by atoms with Crippen LogP contribution in [0.3, 0.4) is 0 Å². The van der Waals surface area contributed by atoms with Crippen LogP contribution in [0.1, 0.15) is 16.2 Å². The maximum absolute atomic E-state index is 12.3. The normalized spacial score (nSPS) is 9.89. The first kappa shape index (κ1) is 12.0. The number of methoxy groups -OCH3 is 2. The number of benzene rings is 1. The zero-order valence-corrected chi connectivity index (χ0v) is 10.1. The first-order chi connectivity index (χ1) is 8.77. The summed E-state index contributed by atoms with van der Waals surface area (Å²) < 4.78 is 10.3. The Hall–Kier alpha value is -2.43. The van der Waals surface area contributed by atoms with Crippen LogP contribution in [0, 0.1) is 0 Å². The average molecular weight is 244 g/mol. The van der Waals surface area contributed by atoms with Crippen LogP contribution >= 0.6 is 0 Å². The molecule has 1 aromatic heterocycles. The number of carbonyl (C=O) groups excluding carboxylic acids is 1. The Morgan fingerprint density at radius 2 is 1.56 bits per heavy atom. The van der Waals surface area contributed by atoms with Gasteiger partial charge in [-0.2, -0.15) is 0 Å². The van der Waals surface area contributed by atoms with Crippen molar-refractivity contribution in [3.05, 3.63) is 48.0 Å². The zero-order chi connectivity index (χ0) is 13.0. The smallest absolute Gasteiger partial charge is 0.237 e. The van der Waals surface area contributed by atoms with E-state index in [-0.39, 0.29) is 11.6 Å². The van der Waals surface area contributed by atoms with E-state index < -0.39 is 0 Å². The molecule has 0 fully saturated rings. The van der Waals surface area contributed by atoms with Crippen LogP contribution in [0.4, 0.5) is 0 Å². The standard InChI is InChI=1S/C13H12N2O3/c1-17-9-5-3-6-10(18-2)11(9)12(16)13-14-7-4-8-15-13/h3-8H,1-2H3. The Morgan fingerprint density at radius 1 is 1.00 bits per heavy atom. The SMILES string of the molecule is COc1cccc(OC)c1C(=O)c1ncccn1. The summed E-state index contributed by atoms with van der Waals surface area (Å²) in [4.78, 5) is 20.2. The van der Waals surface area contributed by atoms with Crippen molar-refractivity contribution in [3.8, 4) is 11.5 Å². The lowest BCUT2D eigenvalue weighted by molar-refractivity contribution is 0.102. The zero-order valence-electron chi connectivity index (χ0n) is 10.1. The van der Waals surface area contributed by atoms with Crippen molar-refractivity contribution in [1.29, 1.82) is 0 Å². The summed E-state index contributed by atoms with van der Waals surface area (Å²) in [5, 5.41) is 0. The minimum atomic E-state index is -0.329. The molecule has 0 bridgehead atoms. The fourth-order valence-electron chi connectivity index (χ4n) is 1.60. The van der Waals surface area contributed by atoms with E-state index in [1.807, 2.05) is 0 Å². The summed E-state index contributed by atoms with van der Waals surface area (Å²) in [7, 11) is 2.99. The van der Waals surface area contributed by atoms with Crippen LogP contribution in [0.2, 0.25) is 0 Å². The van der Waals surface area contributed by atoms with E-state index >= 15 is 0 Å². The lowest BCUT2D eigenvalue weighted by atomic mass is 10.1. The maximum atomic E-state index is 12.3. The van der Waals surface area contributed by atoms with Crippen LogP contribution in [0.25, 0.3) is 0 Å². The third kappa shape index (κ3) is 2.15. The van der Waals surface area contributed by atoms with Crippen LogP contribution in [0.5, 0.6) is 11.5 Å². The molecule has 18 heavy (non-hydrogen) atoms. The van der Waals surface area contributed by atoms with Gasteiger partial charge in [0.05, 0.1) is 14.2 Å². The molecule has 1 aromatic carbocycles. The number of aromatic nitrogens is 2. The molecule has 5 heteroatoms. The van der Waals surface area contributed by atoms with Gasteiger partial charge in [-0.3, -0.25) is 4.79 Å². The van der Waals surface area contributed by atoms with Gasteiger partial charge in [-0.15, -0.1) is 0 Å². The predicted octanol–water partition coefficient (Wildman–Crippen LogP) is 1.72. The van der Waals surface area contributed by atoms with Gasteiger partial charge in [-0.1, -0.05) is 6.07 Å². The lowest BCUT2D eigenvalue weighted by Gasteiger charge is -2.10. The highest BCUT2D eigenvalue weighted by Crippen LogP contribution is 2.29. The molecule has 0 spiro atoms. The Kier molecular flexibility index (Phi) is 3.52. The molecule has 5 nitrogen and oxygen atoms in total. The van der Waals surface area contributed by atoms with E-state index in [4.69, 9.17) is 9.47 Å². The van der Waals surface area contributed by atoms with Crippen molar-refractivity contribution < 1.29 is 14.3 Å². The van der Waals surface area contributed by atoms with Crippen LogP contribution in [0.15, 0.2) is 36.7 Å². The van der Waals surface area contributed by atoms with Crippen LogP contribution in [-0.4, -0.2) is 30.0 Å². The Balaban J connectivity index is 2.53. The molecule has 1 heterocycles. The second-order valence-electron chi connectivity index (χ2n) is 3.44. The van der Waals surface area contributed by atoms with Gasteiger partial charge >= 0.3 is 0 Å². The summed E-state index contributed by atoms with van der Waals surface area (Å²) in [5.74, 6) is 0.656. The average Bonchev–Trinajstić information content (AvgIpc) is 2.46. The van der Waals surface area contributed by atoms with Crippen molar-refractivity contribution in [1.82, 2.24) is 9.97 Å². The van der Waals surface area contributed by atoms with Gasteiger partial charge < -0.3 is 9.47 Å². The molecule has 2 rings (SSSR count). The third-order valence-corrected chi connectivity index (χ3v) is 2.42. The Bertz CT molecular complexity index is 533. The van der Waals surface area contributed by atoms with E-state index in [1.165, 1.54) is 26.6 Å². The van der Waals surface area contributed by atoms with Gasteiger partial charge in [0.2, 0.25) is 11.6 Å². The molecule has 2 aromatic rings. The summed E-state index contributed by atoms with van der Waals surface area (Å²) in [6.07, 6.45) is 3.03. The molecule has 92 valence electrons. The van der Waals surface area contributed by atoms with Gasteiger partial charge in [0, 0.05) is 12.4 Å². The number of ether oxygens (including phenoxy) is 2. The lowest BCUT2D eigenvalue weighted by Crippen LogP contribution is -2.09. The minimum absolute atomic E-state index is 0.111. The summed E-state index contributed by atoms with van der Waals surface area (Å²) in [6.45, 7) is 0. The second-order valence-corrected chi connectivity index (χ2v) is 3.44. The van der Waals surface area contributed by atoms with Gasteiger partial charge in [-0.25, -0.2) is 9.97 Å². The van der Waals surface area contributed by atoms with Crippen molar-refractivity contribution >= 4 is 5.78 Å². The van der Waals surface area contributed by atoms with Gasteiger partial charge in [0.1, 0.15) is 17.1 Å². The van der Waals surface area contributed by atoms with E-state index in [1.54, 1.807) is 24.3 Å². The minimum Gasteiger partial charge on any atom is -0.496 e. The molecule has 0 atom stereocenters.